The molecule has 0 aromatic carbocycles. The molecule has 5 heteroatoms. The lowest BCUT2D eigenvalue weighted by atomic mass is 10.4. The standard InChI is InChI=1S/C10H15N5/c1-4-5-11-9-13-10-12-7(2)6-8(3)15(10)14-9/h6H,4-5H2,1-3H3,(H,11,14). The monoisotopic (exact) mass is 205 g/mol. The smallest absolute Gasteiger partial charge is 0.254 e. The maximum absolute atomic E-state index is 4.32. The highest BCUT2D eigenvalue weighted by atomic mass is 15.4. The van der Waals surface area contributed by atoms with Crippen LogP contribution in [0.2, 0.25) is 0 Å². The van der Waals surface area contributed by atoms with Gasteiger partial charge in [0.05, 0.1) is 0 Å². The lowest BCUT2D eigenvalue weighted by Crippen LogP contribution is -2.01. The Morgan fingerprint density at radius 3 is 2.87 bits per heavy atom. The van der Waals surface area contributed by atoms with Gasteiger partial charge < -0.3 is 5.32 Å². The van der Waals surface area contributed by atoms with E-state index >= 15 is 0 Å². The van der Waals surface area contributed by atoms with Crippen molar-refractivity contribution in [2.45, 2.75) is 27.2 Å². The van der Waals surface area contributed by atoms with E-state index in [9.17, 15) is 0 Å². The van der Waals surface area contributed by atoms with E-state index in [4.69, 9.17) is 0 Å². The van der Waals surface area contributed by atoms with Crippen molar-refractivity contribution in [1.82, 2.24) is 19.6 Å². The first-order valence-electron chi connectivity index (χ1n) is 5.15. The molecule has 1 N–H and O–H groups in total. The first-order valence-corrected chi connectivity index (χ1v) is 5.15. The Morgan fingerprint density at radius 1 is 1.33 bits per heavy atom. The maximum Gasteiger partial charge on any atom is 0.254 e. The van der Waals surface area contributed by atoms with Gasteiger partial charge >= 0.3 is 0 Å². The summed E-state index contributed by atoms with van der Waals surface area (Å²) in [5.41, 5.74) is 2.02. The SMILES string of the molecule is CCCNc1nc2nc(C)cc(C)n2n1. The molecule has 5 nitrogen and oxygen atoms in total. The lowest BCUT2D eigenvalue weighted by molar-refractivity contribution is 0.877. The third kappa shape index (κ3) is 1.91. The maximum atomic E-state index is 4.32. The number of hydrogen-bond donors (Lipinski definition) is 1. The molecule has 2 heterocycles. The van der Waals surface area contributed by atoms with E-state index in [0.29, 0.717) is 11.7 Å². The summed E-state index contributed by atoms with van der Waals surface area (Å²) in [6, 6.07) is 1.99. The second kappa shape index (κ2) is 3.84. The number of nitrogens with one attached hydrogen (secondary N) is 1. The Kier molecular flexibility index (Phi) is 2.53. The molecule has 0 aliphatic heterocycles. The Morgan fingerprint density at radius 2 is 2.13 bits per heavy atom. The second-order valence-electron chi connectivity index (χ2n) is 3.61. The third-order valence-corrected chi connectivity index (χ3v) is 2.15. The summed E-state index contributed by atoms with van der Waals surface area (Å²) in [5.74, 6) is 1.31. The number of aryl methyl sites for hydroxylation is 2. The van der Waals surface area contributed by atoms with E-state index in [2.05, 4.69) is 27.3 Å². The van der Waals surface area contributed by atoms with Gasteiger partial charge in [-0.15, -0.1) is 5.10 Å². The van der Waals surface area contributed by atoms with Gasteiger partial charge in [-0.05, 0) is 26.3 Å². The lowest BCUT2D eigenvalue weighted by Gasteiger charge is -1.97. The zero-order valence-electron chi connectivity index (χ0n) is 9.28. The van der Waals surface area contributed by atoms with Crippen molar-refractivity contribution < 1.29 is 0 Å². The van der Waals surface area contributed by atoms with Gasteiger partial charge in [0.25, 0.3) is 5.78 Å². The van der Waals surface area contributed by atoms with Gasteiger partial charge in [-0.2, -0.15) is 9.50 Å². The van der Waals surface area contributed by atoms with Crippen molar-refractivity contribution in [1.29, 1.82) is 0 Å². The van der Waals surface area contributed by atoms with Crippen molar-refractivity contribution in [3.63, 3.8) is 0 Å². The molecule has 0 atom stereocenters. The molecule has 0 saturated heterocycles. The predicted molar refractivity (Wildman–Crippen MR) is 59.0 cm³/mol. The number of fused-ring (bicyclic) bond motifs is 1. The zero-order chi connectivity index (χ0) is 10.8. The summed E-state index contributed by atoms with van der Waals surface area (Å²) in [6.07, 6.45) is 1.06. The highest BCUT2D eigenvalue weighted by Crippen LogP contribution is 2.07. The molecule has 2 rings (SSSR count). The van der Waals surface area contributed by atoms with Crippen LogP contribution in [0.25, 0.3) is 5.78 Å². The molecular formula is C10H15N5. The molecule has 15 heavy (non-hydrogen) atoms. The summed E-state index contributed by atoms with van der Waals surface area (Å²) in [7, 11) is 0. The van der Waals surface area contributed by atoms with Crippen LogP contribution in [0.3, 0.4) is 0 Å². The van der Waals surface area contributed by atoms with Crippen molar-refractivity contribution in [2.24, 2.45) is 0 Å². The molecule has 0 aliphatic rings. The number of nitrogens with zero attached hydrogens (tertiary/aromatic N) is 4. The van der Waals surface area contributed by atoms with E-state index < -0.39 is 0 Å². The van der Waals surface area contributed by atoms with Crippen LogP contribution in [0, 0.1) is 13.8 Å². The molecule has 0 saturated carbocycles. The topological polar surface area (TPSA) is 55.1 Å². The molecule has 0 bridgehead atoms. The Balaban J connectivity index is 2.41. The fourth-order valence-corrected chi connectivity index (χ4v) is 1.48. The van der Waals surface area contributed by atoms with Crippen LogP contribution < -0.4 is 5.32 Å². The number of aromatic nitrogens is 4. The summed E-state index contributed by atoms with van der Waals surface area (Å²) in [4.78, 5) is 8.62. The minimum Gasteiger partial charge on any atom is -0.353 e. The van der Waals surface area contributed by atoms with E-state index in [1.807, 2.05) is 19.9 Å². The highest BCUT2D eigenvalue weighted by molar-refractivity contribution is 5.38. The van der Waals surface area contributed by atoms with Gasteiger partial charge in [-0.1, -0.05) is 6.92 Å². The predicted octanol–water partition coefficient (Wildman–Crippen LogP) is 1.56. The van der Waals surface area contributed by atoms with Gasteiger partial charge in [0.15, 0.2) is 0 Å². The van der Waals surface area contributed by atoms with E-state index in [-0.39, 0.29) is 0 Å². The zero-order valence-corrected chi connectivity index (χ0v) is 9.28. The Labute approximate surface area is 88.6 Å². The van der Waals surface area contributed by atoms with Crippen molar-refractivity contribution in [2.75, 3.05) is 11.9 Å². The van der Waals surface area contributed by atoms with Gasteiger partial charge in [0, 0.05) is 17.9 Å². The molecule has 80 valence electrons. The molecular weight excluding hydrogens is 190 g/mol. The molecule has 0 radical (unpaired) electrons. The van der Waals surface area contributed by atoms with Gasteiger partial charge in [0.2, 0.25) is 5.95 Å². The van der Waals surface area contributed by atoms with Crippen LogP contribution in [0.4, 0.5) is 5.95 Å². The average Bonchev–Trinajstić information content (AvgIpc) is 2.57. The van der Waals surface area contributed by atoms with E-state index in [1.165, 1.54) is 0 Å². The highest BCUT2D eigenvalue weighted by Gasteiger charge is 2.06. The average molecular weight is 205 g/mol. The molecule has 0 fully saturated rings. The van der Waals surface area contributed by atoms with Crippen molar-refractivity contribution in [3.8, 4) is 0 Å². The van der Waals surface area contributed by atoms with Crippen LogP contribution in [0.5, 0.6) is 0 Å². The summed E-state index contributed by atoms with van der Waals surface area (Å²) < 4.78 is 1.75. The molecule has 0 amide bonds. The molecule has 0 unspecified atom stereocenters. The van der Waals surface area contributed by atoms with E-state index in [1.54, 1.807) is 4.52 Å². The number of hydrogen-bond acceptors (Lipinski definition) is 4. The number of rotatable bonds is 3. The van der Waals surface area contributed by atoms with Crippen LogP contribution >= 0.6 is 0 Å². The molecule has 2 aromatic rings. The molecule has 0 spiro atoms. The van der Waals surface area contributed by atoms with Crippen molar-refractivity contribution >= 4 is 11.7 Å². The van der Waals surface area contributed by atoms with Crippen LogP contribution in [0.15, 0.2) is 6.07 Å². The van der Waals surface area contributed by atoms with Gasteiger partial charge in [-0.3, -0.25) is 0 Å². The summed E-state index contributed by atoms with van der Waals surface area (Å²) in [6.45, 7) is 6.95. The first-order chi connectivity index (χ1) is 7.20. The Hall–Kier alpha value is -1.65. The van der Waals surface area contributed by atoms with E-state index in [0.717, 1.165) is 24.4 Å². The van der Waals surface area contributed by atoms with Crippen LogP contribution in [-0.2, 0) is 0 Å². The minimum absolute atomic E-state index is 0.651. The van der Waals surface area contributed by atoms with Gasteiger partial charge in [0.1, 0.15) is 0 Å². The fraction of sp³-hybridized carbons (Fsp3) is 0.500. The normalized spacial score (nSPS) is 10.9. The fourth-order valence-electron chi connectivity index (χ4n) is 1.48. The largest absolute Gasteiger partial charge is 0.353 e. The first kappa shape index (κ1) is 9.89. The Bertz CT molecular complexity index is 474. The van der Waals surface area contributed by atoms with Gasteiger partial charge in [-0.25, -0.2) is 4.98 Å². The van der Waals surface area contributed by atoms with Crippen LogP contribution in [-0.4, -0.2) is 26.1 Å². The number of anilines is 1. The molecule has 0 aliphatic carbocycles. The third-order valence-electron chi connectivity index (χ3n) is 2.15. The van der Waals surface area contributed by atoms with Crippen LogP contribution in [0.1, 0.15) is 24.7 Å². The second-order valence-corrected chi connectivity index (χ2v) is 3.61. The molecule has 2 aromatic heterocycles. The minimum atomic E-state index is 0.651. The summed E-state index contributed by atoms with van der Waals surface area (Å²) in [5, 5.41) is 7.47. The summed E-state index contributed by atoms with van der Waals surface area (Å²) >= 11 is 0. The quantitative estimate of drug-likeness (QED) is 0.826. The van der Waals surface area contributed by atoms with Crippen molar-refractivity contribution in [3.05, 3.63) is 17.5 Å².